The average Bonchev–Trinajstić information content (AvgIpc) is 2.37. The molecule has 0 saturated carbocycles. The summed E-state index contributed by atoms with van der Waals surface area (Å²) < 4.78 is 32.6. The molecule has 1 atom stereocenters. The standard InChI is InChI=1S/C13H18BrNO4S/c1-4-9-13(2,12(16)19-3)15-20(17,18)11-7-5-10(14)6-8-11/h5-8,15H,4,9H2,1-3H3/t13-/m0/s1. The first-order chi connectivity index (χ1) is 9.25. The highest BCUT2D eigenvalue weighted by Crippen LogP contribution is 2.20. The molecule has 0 radical (unpaired) electrons. The minimum absolute atomic E-state index is 0.104. The Hall–Kier alpha value is -0.920. The number of rotatable bonds is 6. The van der Waals surface area contributed by atoms with Gasteiger partial charge in [0, 0.05) is 4.47 Å². The van der Waals surface area contributed by atoms with E-state index < -0.39 is 21.5 Å². The van der Waals surface area contributed by atoms with Crippen molar-refractivity contribution < 1.29 is 17.9 Å². The Bertz CT molecular complexity index is 571. The molecule has 1 aromatic rings. The zero-order chi connectivity index (χ0) is 15.4. The van der Waals surface area contributed by atoms with Crippen LogP contribution in [0.4, 0.5) is 0 Å². The Balaban J connectivity index is 3.09. The van der Waals surface area contributed by atoms with Crippen LogP contribution in [0, 0.1) is 0 Å². The molecule has 0 amide bonds. The Morgan fingerprint density at radius 1 is 1.35 bits per heavy atom. The van der Waals surface area contributed by atoms with Crippen LogP contribution in [-0.4, -0.2) is 27.0 Å². The van der Waals surface area contributed by atoms with E-state index in [2.05, 4.69) is 20.7 Å². The quantitative estimate of drug-likeness (QED) is 0.787. The Morgan fingerprint density at radius 2 is 1.90 bits per heavy atom. The molecule has 1 rings (SSSR count). The van der Waals surface area contributed by atoms with Gasteiger partial charge in [0.05, 0.1) is 12.0 Å². The summed E-state index contributed by atoms with van der Waals surface area (Å²) in [6, 6.07) is 6.19. The number of sulfonamides is 1. The lowest BCUT2D eigenvalue weighted by molar-refractivity contribution is -0.147. The summed E-state index contributed by atoms with van der Waals surface area (Å²) in [4.78, 5) is 11.9. The van der Waals surface area contributed by atoms with E-state index in [0.29, 0.717) is 12.8 Å². The number of ether oxygens (including phenoxy) is 1. The van der Waals surface area contributed by atoms with E-state index in [0.717, 1.165) is 4.47 Å². The lowest BCUT2D eigenvalue weighted by Gasteiger charge is -2.27. The van der Waals surface area contributed by atoms with Crippen LogP contribution in [0.5, 0.6) is 0 Å². The smallest absolute Gasteiger partial charge is 0.326 e. The SMILES string of the molecule is CCC[C@](C)(NS(=O)(=O)c1ccc(Br)cc1)C(=O)OC. The number of esters is 1. The highest BCUT2D eigenvalue weighted by atomic mass is 79.9. The summed E-state index contributed by atoms with van der Waals surface area (Å²) in [5, 5.41) is 0. The van der Waals surface area contributed by atoms with Crippen molar-refractivity contribution in [1.82, 2.24) is 4.72 Å². The van der Waals surface area contributed by atoms with Gasteiger partial charge >= 0.3 is 5.97 Å². The molecule has 0 fully saturated rings. The van der Waals surface area contributed by atoms with E-state index in [9.17, 15) is 13.2 Å². The molecule has 0 aliphatic heterocycles. The summed E-state index contributed by atoms with van der Waals surface area (Å²) in [6.45, 7) is 3.40. The van der Waals surface area contributed by atoms with Crippen LogP contribution in [-0.2, 0) is 19.6 Å². The highest BCUT2D eigenvalue weighted by Gasteiger charge is 2.38. The van der Waals surface area contributed by atoms with Gasteiger partial charge in [0.1, 0.15) is 5.54 Å². The second-order valence-corrected chi connectivity index (χ2v) is 7.23. The fraction of sp³-hybridized carbons (Fsp3) is 0.462. The molecule has 1 N–H and O–H groups in total. The van der Waals surface area contributed by atoms with Gasteiger partial charge in [0.25, 0.3) is 0 Å². The van der Waals surface area contributed by atoms with Crippen LogP contribution in [0.1, 0.15) is 26.7 Å². The molecule has 0 heterocycles. The number of methoxy groups -OCH3 is 1. The molecule has 0 spiro atoms. The van der Waals surface area contributed by atoms with Gasteiger partial charge in [-0.15, -0.1) is 0 Å². The molecule has 1 aromatic carbocycles. The van der Waals surface area contributed by atoms with E-state index in [-0.39, 0.29) is 4.90 Å². The van der Waals surface area contributed by atoms with Crippen molar-refractivity contribution in [3.8, 4) is 0 Å². The molecule has 0 saturated heterocycles. The lowest BCUT2D eigenvalue weighted by Crippen LogP contribution is -2.52. The molecule has 7 heteroatoms. The first-order valence-electron chi connectivity index (χ1n) is 6.13. The van der Waals surface area contributed by atoms with Gasteiger partial charge in [-0.05, 0) is 37.6 Å². The monoisotopic (exact) mass is 363 g/mol. The van der Waals surface area contributed by atoms with Gasteiger partial charge < -0.3 is 4.74 Å². The van der Waals surface area contributed by atoms with Gasteiger partial charge in [-0.3, -0.25) is 4.79 Å². The summed E-state index contributed by atoms with van der Waals surface area (Å²) in [5.74, 6) is -0.597. The first kappa shape index (κ1) is 17.1. The van der Waals surface area contributed by atoms with Crippen LogP contribution in [0.15, 0.2) is 33.6 Å². The summed E-state index contributed by atoms with van der Waals surface area (Å²) >= 11 is 3.24. The van der Waals surface area contributed by atoms with Crippen LogP contribution in [0.25, 0.3) is 0 Å². The second-order valence-electron chi connectivity index (χ2n) is 4.63. The normalized spacial score (nSPS) is 14.6. The Labute approximate surface area is 127 Å². The molecular formula is C13H18BrNO4S. The molecule has 0 unspecified atom stereocenters. The van der Waals surface area contributed by atoms with Crippen LogP contribution < -0.4 is 4.72 Å². The predicted molar refractivity (Wildman–Crippen MR) is 79.8 cm³/mol. The third-order valence-corrected chi connectivity index (χ3v) is 5.01. The molecule has 0 bridgehead atoms. The van der Waals surface area contributed by atoms with Gasteiger partial charge in [-0.2, -0.15) is 4.72 Å². The molecule has 5 nitrogen and oxygen atoms in total. The van der Waals surface area contributed by atoms with Crippen molar-refractivity contribution in [2.75, 3.05) is 7.11 Å². The minimum atomic E-state index is -3.78. The minimum Gasteiger partial charge on any atom is -0.468 e. The highest BCUT2D eigenvalue weighted by molar-refractivity contribution is 9.10. The van der Waals surface area contributed by atoms with Gasteiger partial charge in [-0.25, -0.2) is 8.42 Å². The van der Waals surface area contributed by atoms with Crippen molar-refractivity contribution in [1.29, 1.82) is 0 Å². The van der Waals surface area contributed by atoms with E-state index in [1.54, 1.807) is 12.1 Å². The van der Waals surface area contributed by atoms with E-state index >= 15 is 0 Å². The Kier molecular flexibility index (Phi) is 5.73. The molecule has 112 valence electrons. The maximum Gasteiger partial charge on any atom is 0.326 e. The van der Waals surface area contributed by atoms with Crippen molar-refractivity contribution in [2.45, 2.75) is 37.1 Å². The molecular weight excluding hydrogens is 346 g/mol. The summed E-state index contributed by atoms with van der Waals surface area (Å²) in [5.41, 5.74) is -1.27. The van der Waals surface area contributed by atoms with E-state index in [1.807, 2.05) is 6.92 Å². The largest absolute Gasteiger partial charge is 0.468 e. The molecule has 0 aliphatic carbocycles. The number of hydrogen-bond acceptors (Lipinski definition) is 4. The number of halogens is 1. The fourth-order valence-corrected chi connectivity index (χ4v) is 3.54. The van der Waals surface area contributed by atoms with E-state index in [1.165, 1.54) is 26.2 Å². The van der Waals surface area contributed by atoms with Crippen molar-refractivity contribution in [2.24, 2.45) is 0 Å². The molecule has 0 aliphatic rings. The van der Waals surface area contributed by atoms with Crippen LogP contribution >= 0.6 is 15.9 Å². The van der Waals surface area contributed by atoms with Crippen molar-refractivity contribution >= 4 is 31.9 Å². The third-order valence-electron chi connectivity index (χ3n) is 2.87. The van der Waals surface area contributed by atoms with Crippen LogP contribution in [0.2, 0.25) is 0 Å². The molecule has 0 aromatic heterocycles. The average molecular weight is 364 g/mol. The third kappa shape index (κ3) is 4.04. The maximum atomic E-state index is 12.3. The maximum absolute atomic E-state index is 12.3. The lowest BCUT2D eigenvalue weighted by atomic mass is 9.98. The van der Waals surface area contributed by atoms with Gasteiger partial charge in [-0.1, -0.05) is 29.3 Å². The number of carbonyl (C=O) groups excluding carboxylic acids is 1. The topological polar surface area (TPSA) is 72.5 Å². The first-order valence-corrected chi connectivity index (χ1v) is 8.41. The number of hydrogen-bond donors (Lipinski definition) is 1. The van der Waals surface area contributed by atoms with Crippen LogP contribution in [0.3, 0.4) is 0 Å². The predicted octanol–water partition coefficient (Wildman–Crippen LogP) is 2.46. The number of carbonyl (C=O) groups is 1. The van der Waals surface area contributed by atoms with Crippen molar-refractivity contribution in [3.05, 3.63) is 28.7 Å². The second kappa shape index (κ2) is 6.69. The van der Waals surface area contributed by atoms with Crippen molar-refractivity contribution in [3.63, 3.8) is 0 Å². The summed E-state index contributed by atoms with van der Waals surface area (Å²) in [6.07, 6.45) is 1.00. The van der Waals surface area contributed by atoms with Gasteiger partial charge in [0.15, 0.2) is 0 Å². The zero-order valence-corrected chi connectivity index (χ0v) is 14.0. The number of benzene rings is 1. The summed E-state index contributed by atoms with van der Waals surface area (Å²) in [7, 11) is -2.54. The zero-order valence-electron chi connectivity index (χ0n) is 11.6. The Morgan fingerprint density at radius 3 is 2.35 bits per heavy atom. The van der Waals surface area contributed by atoms with Gasteiger partial charge in [0.2, 0.25) is 10.0 Å². The number of nitrogens with one attached hydrogen (secondary N) is 1. The molecule has 20 heavy (non-hydrogen) atoms. The van der Waals surface area contributed by atoms with E-state index in [4.69, 9.17) is 4.74 Å². The fourth-order valence-electron chi connectivity index (χ4n) is 1.89.